The molecule has 0 saturated heterocycles. The van der Waals surface area contributed by atoms with Crippen LogP contribution in [0.1, 0.15) is 17.5 Å². The molecule has 2 N–H and O–H groups in total. The number of esters is 1. The van der Waals surface area contributed by atoms with Crippen molar-refractivity contribution in [3.05, 3.63) is 29.3 Å². The van der Waals surface area contributed by atoms with Crippen LogP contribution in [-0.4, -0.2) is 38.0 Å². The number of nitrogens with zero attached hydrogens (tertiary/aromatic N) is 1. The molecular weight excluding hydrogens is 260 g/mol. The standard InChI is InChI=1S/C14H18N2O4/c1-9-6-10(4-5-12(9)18-2)11-7-14(8-15,20-16-11)13(17)19-3/h4-6H,7-8,15H2,1-3H3. The van der Waals surface area contributed by atoms with E-state index < -0.39 is 11.6 Å². The van der Waals surface area contributed by atoms with Crippen LogP contribution >= 0.6 is 0 Å². The van der Waals surface area contributed by atoms with Crippen molar-refractivity contribution >= 4 is 11.7 Å². The third kappa shape index (κ3) is 2.34. The largest absolute Gasteiger partial charge is 0.496 e. The second-order valence-electron chi connectivity index (χ2n) is 4.68. The molecule has 20 heavy (non-hydrogen) atoms. The normalized spacial score (nSPS) is 21.1. The van der Waals surface area contributed by atoms with Gasteiger partial charge in [-0.2, -0.15) is 0 Å². The highest BCUT2D eigenvalue weighted by Gasteiger charge is 2.47. The number of rotatable bonds is 4. The number of aryl methyl sites for hydroxylation is 1. The summed E-state index contributed by atoms with van der Waals surface area (Å²) in [6.07, 6.45) is 0.294. The van der Waals surface area contributed by atoms with Gasteiger partial charge < -0.3 is 20.0 Å². The van der Waals surface area contributed by atoms with E-state index in [-0.39, 0.29) is 6.54 Å². The van der Waals surface area contributed by atoms with E-state index in [9.17, 15) is 4.79 Å². The van der Waals surface area contributed by atoms with Gasteiger partial charge >= 0.3 is 5.97 Å². The van der Waals surface area contributed by atoms with E-state index in [4.69, 9.17) is 20.0 Å². The molecular formula is C14H18N2O4. The molecule has 1 unspecified atom stereocenters. The molecule has 0 aliphatic carbocycles. The number of benzene rings is 1. The fourth-order valence-corrected chi connectivity index (χ4v) is 2.18. The minimum Gasteiger partial charge on any atom is -0.496 e. The highest BCUT2D eigenvalue weighted by atomic mass is 16.7. The zero-order valence-electron chi connectivity index (χ0n) is 11.8. The Hall–Kier alpha value is -2.08. The first-order valence-electron chi connectivity index (χ1n) is 6.25. The van der Waals surface area contributed by atoms with Gasteiger partial charge in [-0.05, 0) is 36.2 Å². The lowest BCUT2D eigenvalue weighted by molar-refractivity contribution is -0.165. The van der Waals surface area contributed by atoms with Crippen LogP contribution < -0.4 is 10.5 Å². The second kappa shape index (κ2) is 5.50. The lowest BCUT2D eigenvalue weighted by Gasteiger charge is -2.21. The van der Waals surface area contributed by atoms with Crippen LogP contribution in [0.15, 0.2) is 23.4 Å². The SMILES string of the molecule is COC(=O)C1(CN)CC(c2ccc(OC)c(C)c2)=NO1. The maximum atomic E-state index is 11.8. The Bertz CT molecular complexity index is 556. The summed E-state index contributed by atoms with van der Waals surface area (Å²) in [5.74, 6) is 0.287. The van der Waals surface area contributed by atoms with Gasteiger partial charge in [0.1, 0.15) is 5.75 Å². The molecule has 0 fully saturated rings. The Morgan fingerprint density at radius 2 is 2.25 bits per heavy atom. The highest BCUT2D eigenvalue weighted by Crippen LogP contribution is 2.29. The monoisotopic (exact) mass is 278 g/mol. The van der Waals surface area contributed by atoms with Gasteiger partial charge in [0.05, 0.1) is 19.9 Å². The first-order chi connectivity index (χ1) is 9.56. The molecule has 2 rings (SSSR count). The van der Waals surface area contributed by atoms with Crippen molar-refractivity contribution in [3.63, 3.8) is 0 Å². The Morgan fingerprint density at radius 3 is 2.80 bits per heavy atom. The van der Waals surface area contributed by atoms with Crippen LogP contribution in [0.2, 0.25) is 0 Å². The Labute approximate surface area is 117 Å². The third-order valence-corrected chi connectivity index (χ3v) is 3.40. The van der Waals surface area contributed by atoms with Crippen molar-refractivity contribution in [2.75, 3.05) is 20.8 Å². The quantitative estimate of drug-likeness (QED) is 0.831. The molecule has 108 valence electrons. The summed E-state index contributed by atoms with van der Waals surface area (Å²) < 4.78 is 9.95. The van der Waals surface area contributed by atoms with Crippen molar-refractivity contribution in [1.29, 1.82) is 0 Å². The van der Waals surface area contributed by atoms with E-state index in [1.54, 1.807) is 7.11 Å². The van der Waals surface area contributed by atoms with E-state index in [2.05, 4.69) is 5.16 Å². The summed E-state index contributed by atoms with van der Waals surface area (Å²) in [7, 11) is 2.92. The predicted molar refractivity (Wildman–Crippen MR) is 73.8 cm³/mol. The summed E-state index contributed by atoms with van der Waals surface area (Å²) >= 11 is 0. The number of ether oxygens (including phenoxy) is 2. The molecule has 1 aliphatic rings. The molecule has 0 radical (unpaired) electrons. The highest BCUT2D eigenvalue weighted by molar-refractivity contribution is 6.05. The van der Waals surface area contributed by atoms with Crippen molar-refractivity contribution in [2.24, 2.45) is 10.9 Å². The van der Waals surface area contributed by atoms with Gasteiger partial charge in [0.15, 0.2) is 0 Å². The van der Waals surface area contributed by atoms with Gasteiger partial charge in [-0.15, -0.1) is 0 Å². The van der Waals surface area contributed by atoms with Gasteiger partial charge in [0.2, 0.25) is 0 Å². The minimum atomic E-state index is -1.21. The van der Waals surface area contributed by atoms with Crippen LogP contribution in [0, 0.1) is 6.92 Å². The number of carbonyl (C=O) groups excluding carboxylic acids is 1. The molecule has 0 amide bonds. The van der Waals surface area contributed by atoms with Gasteiger partial charge in [-0.3, -0.25) is 0 Å². The summed E-state index contributed by atoms with van der Waals surface area (Å²) in [6, 6.07) is 5.66. The smallest absolute Gasteiger partial charge is 0.354 e. The molecule has 1 aromatic rings. The Balaban J connectivity index is 2.24. The van der Waals surface area contributed by atoms with E-state index >= 15 is 0 Å². The van der Waals surface area contributed by atoms with Crippen molar-refractivity contribution < 1.29 is 19.1 Å². The summed E-state index contributed by atoms with van der Waals surface area (Å²) in [5, 5.41) is 3.99. The molecule has 0 saturated carbocycles. The third-order valence-electron chi connectivity index (χ3n) is 3.40. The van der Waals surface area contributed by atoms with Crippen molar-refractivity contribution in [3.8, 4) is 5.75 Å². The minimum absolute atomic E-state index is 0.0157. The molecule has 1 aromatic carbocycles. The molecule has 6 nitrogen and oxygen atoms in total. The predicted octanol–water partition coefficient (Wildman–Crippen LogP) is 0.999. The molecule has 0 aromatic heterocycles. The fraction of sp³-hybridized carbons (Fsp3) is 0.429. The van der Waals surface area contributed by atoms with Gasteiger partial charge in [-0.25, -0.2) is 4.79 Å². The fourth-order valence-electron chi connectivity index (χ4n) is 2.18. The Kier molecular flexibility index (Phi) is 3.94. The second-order valence-corrected chi connectivity index (χ2v) is 4.68. The van der Waals surface area contributed by atoms with Gasteiger partial charge in [-0.1, -0.05) is 5.16 Å². The van der Waals surface area contributed by atoms with E-state index in [0.29, 0.717) is 12.1 Å². The number of nitrogens with two attached hydrogens (primary N) is 1. The molecule has 0 bridgehead atoms. The molecule has 1 atom stereocenters. The van der Waals surface area contributed by atoms with Crippen LogP contribution in [-0.2, 0) is 14.4 Å². The van der Waals surface area contributed by atoms with Crippen molar-refractivity contribution in [1.82, 2.24) is 0 Å². The summed E-state index contributed by atoms with van der Waals surface area (Å²) in [6.45, 7) is 1.96. The summed E-state index contributed by atoms with van der Waals surface area (Å²) in [4.78, 5) is 17.1. The molecule has 6 heteroatoms. The maximum absolute atomic E-state index is 11.8. The summed E-state index contributed by atoms with van der Waals surface area (Å²) in [5.41, 5.74) is 6.96. The Morgan fingerprint density at radius 1 is 1.50 bits per heavy atom. The molecule has 1 aliphatic heterocycles. The average Bonchev–Trinajstić information content (AvgIpc) is 2.92. The zero-order valence-corrected chi connectivity index (χ0v) is 11.8. The number of methoxy groups -OCH3 is 2. The van der Waals surface area contributed by atoms with Crippen molar-refractivity contribution in [2.45, 2.75) is 18.9 Å². The number of carbonyl (C=O) groups is 1. The average molecular weight is 278 g/mol. The maximum Gasteiger partial charge on any atom is 0.354 e. The van der Waals surface area contributed by atoms with Gasteiger partial charge in [0, 0.05) is 13.0 Å². The van der Waals surface area contributed by atoms with Crippen LogP contribution in [0.4, 0.5) is 0 Å². The van der Waals surface area contributed by atoms with Gasteiger partial charge in [0.25, 0.3) is 5.60 Å². The number of hydrogen-bond donors (Lipinski definition) is 1. The lowest BCUT2D eigenvalue weighted by atomic mass is 9.93. The number of hydrogen-bond acceptors (Lipinski definition) is 6. The van der Waals surface area contributed by atoms with Crippen LogP contribution in [0.25, 0.3) is 0 Å². The molecule has 0 spiro atoms. The topological polar surface area (TPSA) is 83.1 Å². The first-order valence-corrected chi connectivity index (χ1v) is 6.25. The number of oxime groups is 1. The molecule has 1 heterocycles. The van der Waals surface area contributed by atoms with E-state index in [1.807, 2.05) is 25.1 Å². The van der Waals surface area contributed by atoms with Crippen LogP contribution in [0.5, 0.6) is 5.75 Å². The lowest BCUT2D eigenvalue weighted by Crippen LogP contribution is -2.46. The van der Waals surface area contributed by atoms with Crippen LogP contribution in [0.3, 0.4) is 0 Å². The zero-order chi connectivity index (χ0) is 14.8. The first kappa shape index (κ1) is 14.3. The van der Waals surface area contributed by atoms with E-state index in [0.717, 1.165) is 16.9 Å². The van der Waals surface area contributed by atoms with E-state index in [1.165, 1.54) is 7.11 Å².